The van der Waals surface area contributed by atoms with Crippen molar-refractivity contribution in [3.63, 3.8) is 0 Å². The van der Waals surface area contributed by atoms with Gasteiger partial charge in [0, 0.05) is 23.3 Å². The van der Waals surface area contributed by atoms with Crippen LogP contribution in [-0.4, -0.2) is 31.1 Å². The Kier molecular flexibility index (Phi) is 5.02. The quantitative estimate of drug-likeness (QED) is 0.824. The predicted molar refractivity (Wildman–Crippen MR) is 91.1 cm³/mol. The van der Waals surface area contributed by atoms with Crippen LogP contribution in [0.3, 0.4) is 0 Å². The lowest BCUT2D eigenvalue weighted by molar-refractivity contribution is -0.125. The van der Waals surface area contributed by atoms with Crippen LogP contribution in [0.25, 0.3) is 0 Å². The molecule has 3 rings (SSSR count). The lowest BCUT2D eigenvalue weighted by Crippen LogP contribution is -2.33. The van der Waals surface area contributed by atoms with Crippen LogP contribution in [0.2, 0.25) is 0 Å². The highest BCUT2D eigenvalue weighted by Crippen LogP contribution is 2.39. The van der Waals surface area contributed by atoms with Crippen molar-refractivity contribution >= 4 is 33.4 Å². The van der Waals surface area contributed by atoms with Crippen molar-refractivity contribution in [2.45, 2.75) is 32.3 Å². The Morgan fingerprint density at radius 3 is 2.78 bits per heavy atom. The van der Waals surface area contributed by atoms with E-state index in [1.807, 2.05) is 25.1 Å². The van der Waals surface area contributed by atoms with Gasteiger partial charge >= 0.3 is 0 Å². The first kappa shape index (κ1) is 16.5. The second-order valence-corrected chi connectivity index (χ2v) is 7.14. The summed E-state index contributed by atoms with van der Waals surface area (Å²) < 4.78 is 6.43. The molecular weight excluding hydrogens is 360 g/mol. The van der Waals surface area contributed by atoms with Crippen LogP contribution in [-0.2, 0) is 14.3 Å². The summed E-state index contributed by atoms with van der Waals surface area (Å²) in [6.07, 6.45) is 2.81. The fourth-order valence-corrected chi connectivity index (χ4v) is 3.21. The summed E-state index contributed by atoms with van der Waals surface area (Å²) in [6.45, 7) is 3.32. The molecule has 1 saturated carbocycles. The van der Waals surface area contributed by atoms with Gasteiger partial charge in [0.2, 0.25) is 11.8 Å². The van der Waals surface area contributed by atoms with Crippen LogP contribution in [0.1, 0.15) is 24.8 Å². The lowest BCUT2D eigenvalue weighted by atomic mass is 10.2. The van der Waals surface area contributed by atoms with Crippen molar-refractivity contribution in [1.29, 1.82) is 0 Å². The highest BCUT2D eigenvalue weighted by molar-refractivity contribution is 9.10. The van der Waals surface area contributed by atoms with Gasteiger partial charge in [0.25, 0.3) is 0 Å². The third kappa shape index (κ3) is 4.12. The van der Waals surface area contributed by atoms with E-state index < -0.39 is 0 Å². The van der Waals surface area contributed by atoms with E-state index in [0.29, 0.717) is 13.0 Å². The van der Waals surface area contributed by atoms with Crippen LogP contribution in [0, 0.1) is 18.8 Å². The monoisotopic (exact) mass is 380 g/mol. The van der Waals surface area contributed by atoms with Crippen LogP contribution in [0.4, 0.5) is 5.69 Å². The Labute approximate surface area is 144 Å². The van der Waals surface area contributed by atoms with E-state index in [1.165, 1.54) is 0 Å². The van der Waals surface area contributed by atoms with E-state index in [-0.39, 0.29) is 29.8 Å². The summed E-state index contributed by atoms with van der Waals surface area (Å²) >= 11 is 3.45. The molecule has 3 unspecified atom stereocenters. The molecule has 1 aromatic rings. The standard InChI is InChI=1S/C17H21BrN2O3/c1-10-4-5-11(7-15(10)18)20-17(22)14-8-13(14)16(21)19-9-12-3-2-6-23-12/h4-5,7,12-14H,2-3,6,8-9H2,1H3,(H,19,21)(H,20,22). The van der Waals surface area contributed by atoms with Gasteiger partial charge in [-0.2, -0.15) is 0 Å². The van der Waals surface area contributed by atoms with Crippen molar-refractivity contribution in [2.24, 2.45) is 11.8 Å². The minimum absolute atomic E-state index is 0.0364. The zero-order valence-electron chi connectivity index (χ0n) is 13.1. The minimum atomic E-state index is -0.223. The predicted octanol–water partition coefficient (Wildman–Crippen LogP) is 2.63. The highest BCUT2D eigenvalue weighted by Gasteiger charge is 2.48. The molecule has 1 aliphatic heterocycles. The number of aryl methyl sites for hydroxylation is 1. The van der Waals surface area contributed by atoms with Gasteiger partial charge in [-0.15, -0.1) is 0 Å². The first-order chi connectivity index (χ1) is 11.0. The van der Waals surface area contributed by atoms with Gasteiger partial charge < -0.3 is 15.4 Å². The molecule has 0 bridgehead atoms. The molecule has 2 fully saturated rings. The van der Waals surface area contributed by atoms with Crippen molar-refractivity contribution in [2.75, 3.05) is 18.5 Å². The van der Waals surface area contributed by atoms with Crippen LogP contribution >= 0.6 is 15.9 Å². The zero-order chi connectivity index (χ0) is 16.4. The topological polar surface area (TPSA) is 67.4 Å². The number of amides is 2. The van der Waals surface area contributed by atoms with E-state index in [0.717, 1.165) is 35.2 Å². The smallest absolute Gasteiger partial charge is 0.228 e. The molecule has 1 saturated heterocycles. The number of ether oxygens (including phenoxy) is 1. The number of nitrogens with one attached hydrogen (secondary N) is 2. The van der Waals surface area contributed by atoms with Crippen LogP contribution in [0.15, 0.2) is 22.7 Å². The van der Waals surface area contributed by atoms with Crippen molar-refractivity contribution in [1.82, 2.24) is 5.32 Å². The summed E-state index contributed by atoms with van der Waals surface area (Å²) in [7, 11) is 0. The van der Waals surface area contributed by atoms with Gasteiger partial charge in [0.1, 0.15) is 0 Å². The van der Waals surface area contributed by atoms with E-state index in [1.54, 1.807) is 0 Å². The fraction of sp³-hybridized carbons (Fsp3) is 0.529. The molecule has 2 aliphatic rings. The Hall–Kier alpha value is -1.40. The molecule has 5 nitrogen and oxygen atoms in total. The normalized spacial score (nSPS) is 25.9. The number of halogens is 1. The molecule has 0 radical (unpaired) electrons. The summed E-state index contributed by atoms with van der Waals surface area (Å²) in [5.41, 5.74) is 1.86. The summed E-state index contributed by atoms with van der Waals surface area (Å²) in [4.78, 5) is 24.3. The molecule has 1 heterocycles. The van der Waals surface area contributed by atoms with E-state index in [4.69, 9.17) is 4.74 Å². The zero-order valence-corrected chi connectivity index (χ0v) is 14.7. The van der Waals surface area contributed by atoms with Gasteiger partial charge in [-0.25, -0.2) is 0 Å². The first-order valence-corrected chi connectivity index (χ1v) is 8.80. The molecule has 1 aromatic carbocycles. The number of carbonyl (C=O) groups excluding carboxylic acids is 2. The van der Waals surface area contributed by atoms with Crippen molar-refractivity contribution in [3.05, 3.63) is 28.2 Å². The Bertz CT molecular complexity index is 614. The maximum absolute atomic E-state index is 12.2. The molecule has 1 aliphatic carbocycles. The Morgan fingerprint density at radius 2 is 2.09 bits per heavy atom. The number of hydrogen-bond donors (Lipinski definition) is 2. The fourth-order valence-electron chi connectivity index (χ4n) is 2.83. The third-order valence-corrected chi connectivity index (χ3v) is 5.29. The molecule has 23 heavy (non-hydrogen) atoms. The lowest BCUT2D eigenvalue weighted by Gasteiger charge is -2.10. The molecule has 124 valence electrons. The van der Waals surface area contributed by atoms with Gasteiger partial charge in [-0.05, 0) is 43.9 Å². The SMILES string of the molecule is Cc1ccc(NC(=O)C2CC2C(=O)NCC2CCCO2)cc1Br. The number of carbonyl (C=O) groups is 2. The number of rotatable bonds is 5. The highest BCUT2D eigenvalue weighted by atomic mass is 79.9. The first-order valence-electron chi connectivity index (χ1n) is 8.01. The molecule has 2 amide bonds. The maximum atomic E-state index is 12.2. The number of benzene rings is 1. The van der Waals surface area contributed by atoms with E-state index >= 15 is 0 Å². The average Bonchev–Trinajstić information content (AvgIpc) is 3.17. The van der Waals surface area contributed by atoms with Gasteiger partial charge in [0.15, 0.2) is 0 Å². The molecule has 0 aromatic heterocycles. The molecule has 3 atom stereocenters. The molecular formula is C17H21BrN2O3. The third-order valence-electron chi connectivity index (χ3n) is 4.43. The largest absolute Gasteiger partial charge is 0.376 e. The van der Waals surface area contributed by atoms with Crippen LogP contribution in [0.5, 0.6) is 0 Å². The summed E-state index contributed by atoms with van der Waals surface area (Å²) in [5.74, 6) is -0.548. The maximum Gasteiger partial charge on any atom is 0.228 e. The molecule has 2 N–H and O–H groups in total. The van der Waals surface area contributed by atoms with E-state index in [2.05, 4.69) is 26.6 Å². The van der Waals surface area contributed by atoms with Gasteiger partial charge in [0.05, 0.1) is 17.9 Å². The second-order valence-electron chi connectivity index (χ2n) is 6.28. The number of anilines is 1. The van der Waals surface area contributed by atoms with E-state index in [9.17, 15) is 9.59 Å². The second kappa shape index (κ2) is 7.01. The summed E-state index contributed by atoms with van der Waals surface area (Å²) in [6, 6.07) is 5.69. The minimum Gasteiger partial charge on any atom is -0.376 e. The summed E-state index contributed by atoms with van der Waals surface area (Å²) in [5, 5.41) is 5.78. The van der Waals surface area contributed by atoms with Crippen molar-refractivity contribution < 1.29 is 14.3 Å². The Morgan fingerprint density at radius 1 is 1.30 bits per heavy atom. The van der Waals surface area contributed by atoms with Gasteiger partial charge in [-0.1, -0.05) is 22.0 Å². The van der Waals surface area contributed by atoms with Crippen molar-refractivity contribution in [3.8, 4) is 0 Å². The molecule has 0 spiro atoms. The van der Waals surface area contributed by atoms with Crippen LogP contribution < -0.4 is 10.6 Å². The van der Waals surface area contributed by atoms with Gasteiger partial charge in [-0.3, -0.25) is 9.59 Å². The Balaban J connectivity index is 1.46. The molecule has 6 heteroatoms. The average molecular weight is 381 g/mol. The number of hydrogen-bond acceptors (Lipinski definition) is 3.